The van der Waals surface area contributed by atoms with E-state index in [1.165, 1.54) is 0 Å². The molecule has 0 radical (unpaired) electrons. The van der Waals surface area contributed by atoms with Crippen molar-refractivity contribution < 1.29 is 9.53 Å². The zero-order chi connectivity index (χ0) is 19.2. The SMILES string of the molecule is CCN1CCN(c2ccc(N)cc2NC(=O)COc2ccccc2C)CC1. The number of aryl methyl sites for hydroxylation is 1. The molecule has 3 N–H and O–H groups in total. The minimum absolute atomic E-state index is 0.0390. The Kier molecular flexibility index (Phi) is 6.19. The molecular weight excluding hydrogens is 340 g/mol. The van der Waals surface area contributed by atoms with Crippen LogP contribution in [0.5, 0.6) is 5.75 Å². The molecular formula is C21H28N4O2. The first kappa shape index (κ1) is 19.0. The number of carbonyl (C=O) groups is 1. The Morgan fingerprint density at radius 2 is 1.89 bits per heavy atom. The number of nitrogens with two attached hydrogens (primary N) is 1. The summed E-state index contributed by atoms with van der Waals surface area (Å²) in [6, 6.07) is 13.3. The molecule has 1 heterocycles. The van der Waals surface area contributed by atoms with E-state index in [0.717, 1.165) is 55.4 Å². The lowest BCUT2D eigenvalue weighted by molar-refractivity contribution is -0.118. The third-order valence-corrected chi connectivity index (χ3v) is 4.91. The van der Waals surface area contributed by atoms with Gasteiger partial charge in [0.15, 0.2) is 6.61 Å². The van der Waals surface area contributed by atoms with Crippen molar-refractivity contribution in [1.82, 2.24) is 4.90 Å². The maximum Gasteiger partial charge on any atom is 0.262 e. The molecule has 2 aromatic rings. The molecule has 6 nitrogen and oxygen atoms in total. The van der Waals surface area contributed by atoms with Crippen LogP contribution in [0.1, 0.15) is 12.5 Å². The lowest BCUT2D eigenvalue weighted by Crippen LogP contribution is -2.46. The maximum absolute atomic E-state index is 12.4. The predicted molar refractivity (Wildman–Crippen MR) is 110 cm³/mol. The third kappa shape index (κ3) is 4.92. The highest BCUT2D eigenvalue weighted by molar-refractivity contribution is 5.96. The Bertz CT molecular complexity index is 786. The summed E-state index contributed by atoms with van der Waals surface area (Å²) in [4.78, 5) is 17.2. The molecule has 6 heteroatoms. The predicted octanol–water partition coefficient (Wildman–Crippen LogP) is 2.74. The van der Waals surface area contributed by atoms with Gasteiger partial charge in [-0.3, -0.25) is 4.79 Å². The second-order valence-electron chi connectivity index (χ2n) is 6.80. The Morgan fingerprint density at radius 3 is 2.59 bits per heavy atom. The first-order chi connectivity index (χ1) is 13.1. The molecule has 1 fully saturated rings. The van der Waals surface area contributed by atoms with E-state index in [-0.39, 0.29) is 12.5 Å². The Hall–Kier alpha value is -2.73. The minimum Gasteiger partial charge on any atom is -0.483 e. The normalized spacial score (nSPS) is 14.8. The number of piperazine rings is 1. The van der Waals surface area contributed by atoms with E-state index in [1.807, 2.05) is 49.4 Å². The van der Waals surface area contributed by atoms with Crippen molar-refractivity contribution in [1.29, 1.82) is 0 Å². The van der Waals surface area contributed by atoms with Crippen molar-refractivity contribution in [2.24, 2.45) is 0 Å². The number of amides is 1. The summed E-state index contributed by atoms with van der Waals surface area (Å²) in [6.45, 7) is 9.06. The molecule has 0 spiro atoms. The third-order valence-electron chi connectivity index (χ3n) is 4.91. The van der Waals surface area contributed by atoms with Gasteiger partial charge in [-0.1, -0.05) is 25.1 Å². The summed E-state index contributed by atoms with van der Waals surface area (Å²) < 4.78 is 5.65. The lowest BCUT2D eigenvalue weighted by atomic mass is 10.2. The van der Waals surface area contributed by atoms with Crippen LogP contribution in [0.15, 0.2) is 42.5 Å². The maximum atomic E-state index is 12.4. The van der Waals surface area contributed by atoms with Crippen molar-refractivity contribution >= 4 is 23.0 Å². The number of nitrogens with zero attached hydrogens (tertiary/aromatic N) is 2. The number of benzene rings is 2. The van der Waals surface area contributed by atoms with E-state index >= 15 is 0 Å². The van der Waals surface area contributed by atoms with Crippen LogP contribution in [0.25, 0.3) is 0 Å². The molecule has 3 rings (SSSR count). The topological polar surface area (TPSA) is 70.8 Å². The summed E-state index contributed by atoms with van der Waals surface area (Å²) in [7, 11) is 0. The average molecular weight is 368 g/mol. The molecule has 0 aromatic heterocycles. The number of anilines is 3. The average Bonchev–Trinajstić information content (AvgIpc) is 2.68. The van der Waals surface area contributed by atoms with Crippen LogP contribution in [0.2, 0.25) is 0 Å². The van der Waals surface area contributed by atoms with Crippen LogP contribution in [0.4, 0.5) is 17.1 Å². The van der Waals surface area contributed by atoms with Crippen molar-refractivity contribution in [3.8, 4) is 5.75 Å². The van der Waals surface area contributed by atoms with E-state index in [1.54, 1.807) is 0 Å². The van der Waals surface area contributed by atoms with Crippen molar-refractivity contribution in [3.05, 3.63) is 48.0 Å². The fraction of sp³-hybridized carbons (Fsp3) is 0.381. The van der Waals surface area contributed by atoms with Gasteiger partial charge in [0.1, 0.15) is 5.75 Å². The molecule has 2 aromatic carbocycles. The molecule has 1 aliphatic heterocycles. The number of para-hydroxylation sites is 1. The Morgan fingerprint density at radius 1 is 1.15 bits per heavy atom. The van der Waals surface area contributed by atoms with Gasteiger partial charge in [0, 0.05) is 31.9 Å². The summed E-state index contributed by atoms with van der Waals surface area (Å²) in [5.41, 5.74) is 9.32. The van der Waals surface area contributed by atoms with Crippen molar-refractivity contribution in [2.75, 3.05) is 55.3 Å². The fourth-order valence-corrected chi connectivity index (χ4v) is 3.28. The number of likely N-dealkylation sites (N-methyl/N-ethyl adjacent to an activating group) is 1. The van der Waals surface area contributed by atoms with Crippen molar-refractivity contribution in [2.45, 2.75) is 13.8 Å². The summed E-state index contributed by atoms with van der Waals surface area (Å²) in [5.74, 6) is 0.522. The van der Waals surface area contributed by atoms with E-state index < -0.39 is 0 Å². The second kappa shape index (κ2) is 8.77. The van der Waals surface area contributed by atoms with E-state index in [4.69, 9.17) is 10.5 Å². The molecule has 0 saturated carbocycles. The monoisotopic (exact) mass is 368 g/mol. The highest BCUT2D eigenvalue weighted by Crippen LogP contribution is 2.29. The summed E-state index contributed by atoms with van der Waals surface area (Å²) in [5, 5.41) is 2.96. The van der Waals surface area contributed by atoms with E-state index in [2.05, 4.69) is 22.0 Å². The largest absolute Gasteiger partial charge is 0.483 e. The van der Waals surface area contributed by atoms with Crippen LogP contribution >= 0.6 is 0 Å². The lowest BCUT2D eigenvalue weighted by Gasteiger charge is -2.36. The van der Waals surface area contributed by atoms with Crippen LogP contribution in [0, 0.1) is 6.92 Å². The van der Waals surface area contributed by atoms with Crippen LogP contribution in [-0.4, -0.2) is 50.1 Å². The van der Waals surface area contributed by atoms with Gasteiger partial charge in [0.25, 0.3) is 5.91 Å². The number of hydrogen-bond acceptors (Lipinski definition) is 5. The van der Waals surface area contributed by atoms with Gasteiger partial charge < -0.3 is 25.6 Å². The smallest absolute Gasteiger partial charge is 0.262 e. The van der Waals surface area contributed by atoms with Crippen LogP contribution in [-0.2, 0) is 4.79 Å². The minimum atomic E-state index is -0.197. The van der Waals surface area contributed by atoms with E-state index in [0.29, 0.717) is 5.69 Å². The molecule has 27 heavy (non-hydrogen) atoms. The van der Waals surface area contributed by atoms with Crippen LogP contribution < -0.4 is 20.7 Å². The highest BCUT2D eigenvalue weighted by atomic mass is 16.5. The fourth-order valence-electron chi connectivity index (χ4n) is 3.28. The van der Waals surface area contributed by atoms with Gasteiger partial charge in [-0.2, -0.15) is 0 Å². The Balaban J connectivity index is 1.66. The summed E-state index contributed by atoms with van der Waals surface area (Å²) in [6.07, 6.45) is 0. The Labute approximate surface area is 160 Å². The quantitative estimate of drug-likeness (QED) is 0.767. The summed E-state index contributed by atoms with van der Waals surface area (Å²) >= 11 is 0. The molecule has 0 atom stereocenters. The standard InChI is InChI=1S/C21H28N4O2/c1-3-24-10-12-25(13-11-24)19-9-8-17(22)14-18(19)23-21(26)15-27-20-7-5-4-6-16(20)2/h4-9,14H,3,10-13,15,22H2,1-2H3,(H,23,26). The number of carbonyl (C=O) groups excluding carboxylic acids is 1. The number of ether oxygens (including phenoxy) is 1. The highest BCUT2D eigenvalue weighted by Gasteiger charge is 2.19. The number of nitrogen functional groups attached to an aromatic ring is 1. The van der Waals surface area contributed by atoms with Crippen molar-refractivity contribution in [3.63, 3.8) is 0 Å². The van der Waals surface area contributed by atoms with Gasteiger partial charge in [-0.25, -0.2) is 0 Å². The first-order valence-electron chi connectivity index (χ1n) is 9.42. The molecule has 144 valence electrons. The van der Waals surface area contributed by atoms with Gasteiger partial charge in [-0.05, 0) is 43.3 Å². The number of nitrogens with one attached hydrogen (secondary N) is 1. The molecule has 1 aliphatic rings. The van der Waals surface area contributed by atoms with Gasteiger partial charge >= 0.3 is 0 Å². The van der Waals surface area contributed by atoms with Gasteiger partial charge in [0.2, 0.25) is 0 Å². The van der Waals surface area contributed by atoms with Crippen LogP contribution in [0.3, 0.4) is 0 Å². The van der Waals surface area contributed by atoms with E-state index in [9.17, 15) is 4.79 Å². The van der Waals surface area contributed by atoms with Gasteiger partial charge in [-0.15, -0.1) is 0 Å². The second-order valence-corrected chi connectivity index (χ2v) is 6.80. The first-order valence-corrected chi connectivity index (χ1v) is 9.42. The number of rotatable bonds is 6. The molecule has 0 unspecified atom stereocenters. The number of hydrogen-bond donors (Lipinski definition) is 2. The van der Waals surface area contributed by atoms with Gasteiger partial charge in [0.05, 0.1) is 11.4 Å². The zero-order valence-electron chi connectivity index (χ0n) is 16.1. The zero-order valence-corrected chi connectivity index (χ0v) is 16.1. The molecule has 1 saturated heterocycles. The molecule has 0 bridgehead atoms. The molecule has 1 amide bonds. The molecule has 0 aliphatic carbocycles.